The molecule has 0 radical (unpaired) electrons. The quantitative estimate of drug-likeness (QED) is 0.204. The van der Waals surface area contributed by atoms with E-state index in [1.54, 1.807) is 23.5 Å². The summed E-state index contributed by atoms with van der Waals surface area (Å²) in [6.07, 6.45) is 6.01. The van der Waals surface area contributed by atoms with Crippen LogP contribution in [0.2, 0.25) is 0 Å². The molecule has 0 atom stereocenters. The van der Waals surface area contributed by atoms with E-state index in [4.69, 9.17) is 9.73 Å². The van der Waals surface area contributed by atoms with Crippen LogP contribution >= 0.6 is 11.3 Å². The number of aromatic nitrogens is 1. The van der Waals surface area contributed by atoms with Crippen LogP contribution in [0.25, 0.3) is 5.00 Å². The Hall–Kier alpha value is -3.97. The average molecular weight is 540 g/mol. The average Bonchev–Trinajstić information content (AvgIpc) is 3.44. The van der Waals surface area contributed by atoms with Crippen molar-refractivity contribution in [3.63, 3.8) is 0 Å². The summed E-state index contributed by atoms with van der Waals surface area (Å²) in [5, 5.41) is 4.10. The highest BCUT2D eigenvalue weighted by Gasteiger charge is 2.28. The lowest BCUT2D eigenvalue weighted by atomic mass is 9.95. The van der Waals surface area contributed by atoms with Crippen LogP contribution in [0.4, 0.5) is 11.4 Å². The summed E-state index contributed by atoms with van der Waals surface area (Å²) in [4.78, 5) is 31.8. The Morgan fingerprint density at radius 3 is 2.49 bits per heavy atom. The number of nitrogens with zero attached hydrogens (tertiary/aromatic N) is 2. The number of methoxy groups -OCH3 is 1. The lowest BCUT2D eigenvalue weighted by Crippen LogP contribution is -2.17. The summed E-state index contributed by atoms with van der Waals surface area (Å²) >= 11 is 1.73. The molecule has 0 spiro atoms. The number of nitrogens with one attached hydrogen (secondary N) is 1. The van der Waals surface area contributed by atoms with Crippen LogP contribution in [0, 0.1) is 27.7 Å². The van der Waals surface area contributed by atoms with E-state index < -0.39 is 0 Å². The van der Waals surface area contributed by atoms with Crippen molar-refractivity contribution in [2.24, 2.45) is 4.99 Å². The van der Waals surface area contributed by atoms with Crippen molar-refractivity contribution in [3.8, 4) is 5.00 Å². The zero-order chi connectivity index (χ0) is 27.7. The summed E-state index contributed by atoms with van der Waals surface area (Å²) < 4.78 is 7.05. The fraction of sp³-hybridized carbons (Fsp3) is 0.281. The first kappa shape index (κ1) is 26.6. The van der Waals surface area contributed by atoms with E-state index in [2.05, 4.69) is 29.8 Å². The van der Waals surface area contributed by atoms with Gasteiger partial charge in [0.1, 0.15) is 5.00 Å². The van der Waals surface area contributed by atoms with E-state index in [1.165, 1.54) is 17.6 Å². The molecule has 2 heterocycles. The molecular weight excluding hydrogens is 506 g/mol. The molecule has 6 nitrogen and oxygen atoms in total. The Balaban J connectivity index is 1.53. The van der Waals surface area contributed by atoms with Crippen LogP contribution in [0.3, 0.4) is 0 Å². The Kier molecular flexibility index (Phi) is 7.53. The lowest BCUT2D eigenvalue weighted by molar-refractivity contribution is 0.0600. The monoisotopic (exact) mass is 539 g/mol. The Morgan fingerprint density at radius 2 is 1.74 bits per heavy atom. The maximum atomic E-state index is 13.7. The van der Waals surface area contributed by atoms with Gasteiger partial charge in [0, 0.05) is 33.7 Å². The molecule has 0 aliphatic heterocycles. The SMILES string of the molecule is COC(=O)c1ccc(C)c(N=Cc2cc(C)n(-c3sc4c(c3C(=O)Nc3ccc(C)cc3)CCCC4)c2C)c1. The predicted molar refractivity (Wildman–Crippen MR) is 159 cm³/mol. The van der Waals surface area contributed by atoms with Crippen molar-refractivity contribution in [3.05, 3.63) is 98.2 Å². The zero-order valence-electron chi connectivity index (χ0n) is 23.1. The van der Waals surface area contributed by atoms with Gasteiger partial charge in [-0.05, 0) is 94.8 Å². The highest BCUT2D eigenvalue weighted by Crippen LogP contribution is 2.39. The van der Waals surface area contributed by atoms with Gasteiger partial charge in [-0.15, -0.1) is 11.3 Å². The number of thiophene rings is 1. The zero-order valence-corrected chi connectivity index (χ0v) is 23.9. The summed E-state index contributed by atoms with van der Waals surface area (Å²) in [6, 6.07) is 15.4. The van der Waals surface area contributed by atoms with Gasteiger partial charge in [-0.1, -0.05) is 23.8 Å². The van der Waals surface area contributed by atoms with E-state index in [0.29, 0.717) is 11.3 Å². The molecule has 0 bridgehead atoms. The lowest BCUT2D eigenvalue weighted by Gasteiger charge is -2.14. The highest BCUT2D eigenvalue weighted by molar-refractivity contribution is 7.15. The number of hydrogen-bond acceptors (Lipinski definition) is 5. The van der Waals surface area contributed by atoms with Crippen LogP contribution < -0.4 is 5.32 Å². The molecule has 39 heavy (non-hydrogen) atoms. The second-order valence-corrected chi connectivity index (χ2v) is 11.2. The highest BCUT2D eigenvalue weighted by atomic mass is 32.1. The largest absolute Gasteiger partial charge is 0.465 e. The summed E-state index contributed by atoms with van der Waals surface area (Å²) in [5.74, 6) is -0.450. The Morgan fingerprint density at radius 1 is 1.00 bits per heavy atom. The number of aliphatic imine (C=N–C) groups is 1. The fourth-order valence-corrected chi connectivity index (χ4v) is 6.63. The molecule has 5 rings (SSSR count). The number of hydrogen-bond donors (Lipinski definition) is 1. The number of anilines is 1. The second-order valence-electron chi connectivity index (χ2n) is 10.1. The van der Waals surface area contributed by atoms with Crippen molar-refractivity contribution in [1.29, 1.82) is 0 Å². The molecule has 2 aromatic carbocycles. The van der Waals surface area contributed by atoms with Gasteiger partial charge in [0.25, 0.3) is 5.91 Å². The van der Waals surface area contributed by atoms with Gasteiger partial charge < -0.3 is 14.6 Å². The number of amides is 1. The number of rotatable bonds is 6. The van der Waals surface area contributed by atoms with Crippen LogP contribution in [0.1, 0.15) is 72.1 Å². The first-order chi connectivity index (χ1) is 18.8. The van der Waals surface area contributed by atoms with Crippen molar-refractivity contribution >= 4 is 40.8 Å². The molecule has 1 N–H and O–H groups in total. The molecule has 1 aliphatic carbocycles. The number of benzene rings is 2. The third-order valence-electron chi connectivity index (χ3n) is 7.34. The van der Waals surface area contributed by atoms with Gasteiger partial charge in [0.15, 0.2) is 0 Å². The maximum absolute atomic E-state index is 13.7. The molecule has 1 aliphatic rings. The van der Waals surface area contributed by atoms with E-state index in [9.17, 15) is 9.59 Å². The summed E-state index contributed by atoms with van der Waals surface area (Å²) in [5.41, 5.74) is 9.08. The van der Waals surface area contributed by atoms with Gasteiger partial charge in [0.05, 0.1) is 23.9 Å². The molecule has 200 valence electrons. The van der Waals surface area contributed by atoms with Crippen molar-refractivity contribution < 1.29 is 14.3 Å². The first-order valence-electron chi connectivity index (χ1n) is 13.2. The van der Waals surface area contributed by atoms with Gasteiger partial charge in [-0.3, -0.25) is 9.79 Å². The maximum Gasteiger partial charge on any atom is 0.337 e. The van der Waals surface area contributed by atoms with Crippen molar-refractivity contribution in [2.75, 3.05) is 12.4 Å². The van der Waals surface area contributed by atoms with Crippen LogP contribution in [0.5, 0.6) is 0 Å². The molecule has 0 saturated heterocycles. The van der Waals surface area contributed by atoms with Crippen LogP contribution in [-0.2, 0) is 17.6 Å². The van der Waals surface area contributed by atoms with E-state index in [0.717, 1.165) is 70.0 Å². The normalized spacial score (nSPS) is 12.9. The molecule has 0 unspecified atom stereocenters. The number of carbonyl (C=O) groups is 2. The standard InChI is InChI=1S/C32H33N3O3S/c1-19-10-14-25(15-11-19)34-30(36)29-26-8-6-7-9-28(26)39-31(29)35-21(3)16-24(22(35)4)18-33-27-17-23(32(37)38-5)13-12-20(27)2/h10-18H,6-9H2,1-5H3,(H,34,36). The molecule has 2 aromatic heterocycles. The summed E-state index contributed by atoms with van der Waals surface area (Å²) in [7, 11) is 1.37. The Labute approximate surface area is 233 Å². The number of fused-ring (bicyclic) bond motifs is 1. The number of ether oxygens (including phenoxy) is 1. The number of esters is 1. The van der Waals surface area contributed by atoms with Crippen LogP contribution in [-0.4, -0.2) is 29.8 Å². The summed E-state index contributed by atoms with van der Waals surface area (Å²) in [6.45, 7) is 8.13. The van der Waals surface area contributed by atoms with Crippen molar-refractivity contribution in [1.82, 2.24) is 4.57 Å². The first-order valence-corrected chi connectivity index (χ1v) is 14.0. The fourth-order valence-electron chi connectivity index (χ4n) is 5.14. The molecule has 1 amide bonds. The third-order valence-corrected chi connectivity index (χ3v) is 8.61. The number of aryl methyl sites for hydroxylation is 4. The van der Waals surface area contributed by atoms with Crippen LogP contribution in [0.15, 0.2) is 53.5 Å². The van der Waals surface area contributed by atoms with E-state index >= 15 is 0 Å². The molecule has 7 heteroatoms. The minimum atomic E-state index is -0.386. The van der Waals surface area contributed by atoms with Gasteiger partial charge in [-0.25, -0.2) is 4.79 Å². The van der Waals surface area contributed by atoms with Gasteiger partial charge in [-0.2, -0.15) is 0 Å². The number of carbonyl (C=O) groups excluding carboxylic acids is 2. The third kappa shape index (κ3) is 5.32. The Bertz CT molecular complexity index is 1590. The minimum Gasteiger partial charge on any atom is -0.465 e. The van der Waals surface area contributed by atoms with Gasteiger partial charge in [0.2, 0.25) is 0 Å². The molecule has 0 saturated carbocycles. The van der Waals surface area contributed by atoms with E-state index in [1.807, 2.05) is 50.4 Å². The second kappa shape index (κ2) is 11.0. The topological polar surface area (TPSA) is 72.7 Å². The molecule has 4 aromatic rings. The minimum absolute atomic E-state index is 0.0637. The smallest absolute Gasteiger partial charge is 0.337 e. The van der Waals surface area contributed by atoms with Crippen molar-refractivity contribution in [2.45, 2.75) is 53.4 Å². The van der Waals surface area contributed by atoms with Gasteiger partial charge >= 0.3 is 5.97 Å². The molecular formula is C32H33N3O3S. The predicted octanol–water partition coefficient (Wildman–Crippen LogP) is 7.44. The van der Waals surface area contributed by atoms with E-state index in [-0.39, 0.29) is 11.9 Å². The molecule has 0 fully saturated rings.